The van der Waals surface area contributed by atoms with E-state index < -0.39 is 0 Å². The lowest BCUT2D eigenvalue weighted by atomic mass is 10.0. The van der Waals surface area contributed by atoms with E-state index in [1.807, 2.05) is 35.7 Å². The van der Waals surface area contributed by atoms with Gasteiger partial charge in [0.2, 0.25) is 0 Å². The van der Waals surface area contributed by atoms with Gasteiger partial charge < -0.3 is 0 Å². The number of hydrogen-bond donors (Lipinski definition) is 0. The zero-order chi connectivity index (χ0) is 14.4. The van der Waals surface area contributed by atoms with Crippen molar-refractivity contribution in [1.29, 1.82) is 0 Å². The molecule has 1 aliphatic heterocycles. The Kier molecular flexibility index (Phi) is 6.76. The summed E-state index contributed by atoms with van der Waals surface area (Å²) in [5.41, 5.74) is 0.866. The Hall–Kier alpha value is 0.330. The normalized spacial score (nSPS) is 17.6. The average molecular weight is 377 g/mol. The predicted octanol–water partition coefficient (Wildman–Crippen LogP) is 6.28. The number of unbranched alkanes of at least 4 members (excludes halogenated alkanes) is 3. The van der Waals surface area contributed by atoms with Gasteiger partial charge in [-0.15, -0.1) is 23.5 Å². The molecule has 1 aliphatic rings. The monoisotopic (exact) mass is 376 g/mol. The van der Waals surface area contributed by atoms with Crippen LogP contribution in [-0.2, 0) is 6.42 Å². The molecule has 2 rings (SSSR count). The quantitative estimate of drug-likeness (QED) is 0.513. The number of benzene rings is 1. The Morgan fingerprint density at radius 2 is 1.95 bits per heavy atom. The van der Waals surface area contributed by atoms with Crippen LogP contribution in [0.3, 0.4) is 0 Å². The molecule has 4 heteroatoms. The highest BCUT2D eigenvalue weighted by atomic mass is 79.9. The molecular formula is C16H22BrFS2. The second-order valence-electron chi connectivity index (χ2n) is 5.33. The molecule has 0 atom stereocenters. The van der Waals surface area contributed by atoms with Gasteiger partial charge in [0.25, 0.3) is 0 Å². The maximum Gasteiger partial charge on any atom is 0.127 e. The lowest BCUT2D eigenvalue weighted by molar-refractivity contribution is 0.573. The van der Waals surface area contributed by atoms with Gasteiger partial charge in [0.05, 0.1) is 4.08 Å². The summed E-state index contributed by atoms with van der Waals surface area (Å²) in [6.45, 7) is 2.24. The summed E-state index contributed by atoms with van der Waals surface area (Å²) in [5.74, 6) is 2.34. The summed E-state index contributed by atoms with van der Waals surface area (Å²) in [6.07, 6.45) is 7.23. The largest absolute Gasteiger partial charge is 0.207 e. The summed E-state index contributed by atoms with van der Waals surface area (Å²) in [7, 11) is 0. The predicted molar refractivity (Wildman–Crippen MR) is 94.2 cm³/mol. The Bertz CT molecular complexity index is 430. The Labute approximate surface area is 138 Å². The van der Waals surface area contributed by atoms with E-state index in [4.69, 9.17) is 0 Å². The van der Waals surface area contributed by atoms with Crippen molar-refractivity contribution in [1.82, 2.24) is 0 Å². The molecule has 1 saturated heterocycles. The zero-order valence-corrected chi connectivity index (χ0v) is 15.2. The number of rotatable bonds is 7. The van der Waals surface area contributed by atoms with Crippen molar-refractivity contribution >= 4 is 39.5 Å². The van der Waals surface area contributed by atoms with Gasteiger partial charge in [0, 0.05) is 16.0 Å². The molecule has 112 valence electrons. The molecule has 1 heterocycles. The molecule has 0 aliphatic carbocycles. The molecule has 0 spiro atoms. The van der Waals surface area contributed by atoms with Gasteiger partial charge in [-0.05, 0) is 30.5 Å². The third-order valence-corrected chi connectivity index (χ3v) is 7.72. The molecule has 20 heavy (non-hydrogen) atoms. The third-order valence-electron chi connectivity index (χ3n) is 3.70. The molecule has 0 aromatic heterocycles. The Morgan fingerprint density at radius 3 is 2.60 bits per heavy atom. The smallest absolute Gasteiger partial charge is 0.127 e. The summed E-state index contributed by atoms with van der Waals surface area (Å²) >= 11 is 7.41. The number of hydrogen-bond acceptors (Lipinski definition) is 2. The van der Waals surface area contributed by atoms with Crippen LogP contribution in [-0.4, -0.2) is 15.6 Å². The van der Waals surface area contributed by atoms with E-state index in [9.17, 15) is 4.39 Å². The molecule has 0 unspecified atom stereocenters. The van der Waals surface area contributed by atoms with Crippen molar-refractivity contribution < 1.29 is 4.39 Å². The first-order valence-corrected chi connectivity index (χ1v) is 10.1. The van der Waals surface area contributed by atoms with E-state index >= 15 is 0 Å². The summed E-state index contributed by atoms with van der Waals surface area (Å²) in [6, 6.07) is 5.48. The molecule has 0 bridgehead atoms. The summed E-state index contributed by atoms with van der Waals surface area (Å²) in [5, 5.41) is 0. The molecule has 0 radical (unpaired) electrons. The van der Waals surface area contributed by atoms with Crippen LogP contribution in [0.15, 0.2) is 22.7 Å². The van der Waals surface area contributed by atoms with Crippen LogP contribution in [0.1, 0.15) is 44.6 Å². The Morgan fingerprint density at radius 1 is 1.20 bits per heavy atom. The summed E-state index contributed by atoms with van der Waals surface area (Å²) in [4.78, 5) is 0. The van der Waals surface area contributed by atoms with Gasteiger partial charge >= 0.3 is 0 Å². The maximum absolute atomic E-state index is 14.1. The fourth-order valence-corrected chi connectivity index (χ4v) is 6.28. The topological polar surface area (TPSA) is 0 Å². The van der Waals surface area contributed by atoms with E-state index in [0.717, 1.165) is 16.5 Å². The van der Waals surface area contributed by atoms with E-state index in [0.29, 0.717) is 0 Å². The fourth-order valence-electron chi connectivity index (χ4n) is 2.61. The Balaban J connectivity index is 2.01. The highest BCUT2D eigenvalue weighted by Crippen LogP contribution is 2.49. The van der Waals surface area contributed by atoms with E-state index in [1.54, 1.807) is 6.07 Å². The van der Waals surface area contributed by atoms with Crippen molar-refractivity contribution in [3.8, 4) is 0 Å². The van der Waals surface area contributed by atoms with Gasteiger partial charge in [-0.1, -0.05) is 54.6 Å². The van der Waals surface area contributed by atoms with Gasteiger partial charge in [-0.2, -0.15) is 0 Å². The first kappa shape index (κ1) is 16.7. The van der Waals surface area contributed by atoms with Gasteiger partial charge in [-0.3, -0.25) is 0 Å². The van der Waals surface area contributed by atoms with Crippen molar-refractivity contribution in [2.45, 2.75) is 49.5 Å². The molecule has 0 saturated carbocycles. The highest BCUT2D eigenvalue weighted by Gasteiger charge is 2.35. The molecule has 0 amide bonds. The molecule has 1 fully saturated rings. The summed E-state index contributed by atoms with van der Waals surface area (Å²) < 4.78 is 15.1. The van der Waals surface area contributed by atoms with Gasteiger partial charge in [-0.25, -0.2) is 4.39 Å². The van der Waals surface area contributed by atoms with Crippen LogP contribution in [0.2, 0.25) is 0 Å². The second kappa shape index (κ2) is 8.09. The highest BCUT2D eigenvalue weighted by molar-refractivity contribution is 9.10. The molecule has 0 nitrogen and oxygen atoms in total. The minimum Gasteiger partial charge on any atom is -0.207 e. The average Bonchev–Trinajstić information content (AvgIpc) is 2.87. The standard InChI is InChI=1S/C16H22BrFS2/c1-2-3-4-5-8-16(19-9-10-20-16)12-13-6-7-14(17)11-15(13)18/h6-7,11H,2-5,8-10,12H2,1H3. The zero-order valence-electron chi connectivity index (χ0n) is 12.0. The minimum absolute atomic E-state index is 0.0691. The first-order chi connectivity index (χ1) is 9.65. The SMILES string of the molecule is CCCCCCC1(Cc2ccc(Br)cc2F)SCCS1. The van der Waals surface area contributed by atoms with Crippen molar-refractivity contribution in [3.63, 3.8) is 0 Å². The van der Waals surface area contributed by atoms with Gasteiger partial charge in [0.1, 0.15) is 5.82 Å². The van der Waals surface area contributed by atoms with Crippen molar-refractivity contribution in [2.24, 2.45) is 0 Å². The first-order valence-electron chi connectivity index (χ1n) is 7.37. The van der Waals surface area contributed by atoms with E-state index in [-0.39, 0.29) is 9.90 Å². The van der Waals surface area contributed by atoms with Crippen LogP contribution in [0.5, 0.6) is 0 Å². The minimum atomic E-state index is -0.0691. The molecule has 0 N–H and O–H groups in total. The van der Waals surface area contributed by atoms with E-state index in [2.05, 4.69) is 22.9 Å². The van der Waals surface area contributed by atoms with Crippen LogP contribution in [0.25, 0.3) is 0 Å². The third kappa shape index (κ3) is 4.67. The molecule has 1 aromatic carbocycles. The van der Waals surface area contributed by atoms with Crippen LogP contribution in [0.4, 0.5) is 4.39 Å². The molecule has 1 aromatic rings. The van der Waals surface area contributed by atoms with E-state index in [1.165, 1.54) is 43.6 Å². The van der Waals surface area contributed by atoms with Crippen molar-refractivity contribution in [3.05, 3.63) is 34.1 Å². The number of halogens is 2. The lowest BCUT2D eigenvalue weighted by Crippen LogP contribution is -2.21. The second-order valence-corrected chi connectivity index (χ2v) is 9.46. The van der Waals surface area contributed by atoms with Crippen molar-refractivity contribution in [2.75, 3.05) is 11.5 Å². The molecular weight excluding hydrogens is 355 g/mol. The number of thioether (sulfide) groups is 2. The lowest BCUT2D eigenvalue weighted by Gasteiger charge is -2.27. The van der Waals surface area contributed by atoms with Crippen LogP contribution >= 0.6 is 39.5 Å². The maximum atomic E-state index is 14.1. The van der Waals surface area contributed by atoms with Crippen LogP contribution < -0.4 is 0 Å². The van der Waals surface area contributed by atoms with Gasteiger partial charge in [0.15, 0.2) is 0 Å². The van der Waals surface area contributed by atoms with Crippen LogP contribution in [0, 0.1) is 5.82 Å². The fraction of sp³-hybridized carbons (Fsp3) is 0.625.